The number of aromatic nitrogens is 3. The van der Waals surface area contributed by atoms with Crippen LogP contribution in [0.15, 0.2) is 66.9 Å². The number of nitrogens with two attached hydrogens (primary N) is 1. The highest BCUT2D eigenvalue weighted by atomic mass is 16.5. The van der Waals surface area contributed by atoms with Gasteiger partial charge in [0.25, 0.3) is 0 Å². The fraction of sp³-hybridized carbons (Fsp3) is 0.281. The molecule has 0 unspecified atom stereocenters. The van der Waals surface area contributed by atoms with Crippen LogP contribution in [0.3, 0.4) is 0 Å². The maximum absolute atomic E-state index is 12.2. The van der Waals surface area contributed by atoms with Crippen LogP contribution in [0.2, 0.25) is 0 Å². The van der Waals surface area contributed by atoms with Crippen molar-refractivity contribution < 1.29 is 19.0 Å². The third-order valence-corrected chi connectivity index (χ3v) is 7.65. The number of para-hydroxylation sites is 1. The number of nitrogen functional groups attached to an aromatic ring is 1. The van der Waals surface area contributed by atoms with Gasteiger partial charge in [-0.1, -0.05) is 36.4 Å². The predicted molar refractivity (Wildman–Crippen MR) is 155 cm³/mol. The van der Waals surface area contributed by atoms with Crippen LogP contribution >= 0.6 is 0 Å². The van der Waals surface area contributed by atoms with Gasteiger partial charge in [-0.2, -0.15) is 5.10 Å². The molecule has 8 nitrogen and oxygen atoms in total. The summed E-state index contributed by atoms with van der Waals surface area (Å²) in [4.78, 5) is 16.5. The number of carbonyl (C=O) groups is 1. The molecule has 5 aromatic rings. The van der Waals surface area contributed by atoms with E-state index >= 15 is 0 Å². The summed E-state index contributed by atoms with van der Waals surface area (Å²) in [6.45, 7) is 2.46. The van der Waals surface area contributed by atoms with Crippen molar-refractivity contribution in [2.24, 2.45) is 0 Å². The van der Waals surface area contributed by atoms with Crippen LogP contribution < -0.4 is 15.2 Å². The average Bonchev–Trinajstić information content (AvgIpc) is 3.27. The van der Waals surface area contributed by atoms with Crippen molar-refractivity contribution in [1.29, 1.82) is 0 Å². The van der Waals surface area contributed by atoms with E-state index < -0.39 is 0 Å². The molecular formula is C32H32N4O4. The number of rotatable bonds is 9. The fourth-order valence-corrected chi connectivity index (χ4v) is 5.41. The Morgan fingerprint density at radius 3 is 2.62 bits per heavy atom. The smallest absolute Gasteiger partial charge is 0.310 e. The van der Waals surface area contributed by atoms with Crippen LogP contribution in [-0.2, 0) is 22.6 Å². The number of anilines is 1. The van der Waals surface area contributed by atoms with Crippen molar-refractivity contribution in [3.63, 3.8) is 0 Å². The molecule has 1 fully saturated rings. The normalized spacial score (nSPS) is 13.3. The number of nitrogens with zero attached hydrogens (tertiary/aromatic N) is 3. The van der Waals surface area contributed by atoms with Gasteiger partial charge >= 0.3 is 5.97 Å². The van der Waals surface area contributed by atoms with Crippen molar-refractivity contribution in [1.82, 2.24) is 14.8 Å². The Balaban J connectivity index is 1.44. The highest BCUT2D eigenvalue weighted by molar-refractivity contribution is 6.04. The van der Waals surface area contributed by atoms with Gasteiger partial charge in [0.15, 0.2) is 0 Å². The lowest BCUT2D eigenvalue weighted by molar-refractivity contribution is -0.142. The molecule has 40 heavy (non-hydrogen) atoms. The number of methoxy groups -OCH3 is 1. The molecule has 1 aliphatic rings. The Kier molecular flexibility index (Phi) is 6.99. The number of ether oxygens (including phenoxy) is 3. The highest BCUT2D eigenvalue weighted by Gasteiger charge is 2.26. The molecule has 3 aromatic carbocycles. The molecule has 1 aliphatic carbocycles. The summed E-state index contributed by atoms with van der Waals surface area (Å²) in [5.74, 6) is 1.62. The van der Waals surface area contributed by atoms with Crippen molar-refractivity contribution in [3.05, 3.63) is 78.1 Å². The van der Waals surface area contributed by atoms with Gasteiger partial charge in [0, 0.05) is 34.2 Å². The van der Waals surface area contributed by atoms with Crippen molar-refractivity contribution in [2.75, 3.05) is 19.5 Å². The first kappa shape index (κ1) is 25.7. The molecule has 0 atom stereocenters. The van der Waals surface area contributed by atoms with Gasteiger partial charge < -0.3 is 19.9 Å². The molecule has 0 spiro atoms. The zero-order valence-corrected chi connectivity index (χ0v) is 22.7. The summed E-state index contributed by atoms with van der Waals surface area (Å²) in [6.07, 6.45) is 5.24. The van der Waals surface area contributed by atoms with Crippen LogP contribution in [0.25, 0.3) is 32.8 Å². The Hall–Kier alpha value is -4.59. The van der Waals surface area contributed by atoms with E-state index in [1.807, 2.05) is 48.5 Å². The second-order valence-electron chi connectivity index (χ2n) is 10.0. The Morgan fingerprint density at radius 1 is 1.00 bits per heavy atom. The molecule has 8 heteroatoms. The third-order valence-electron chi connectivity index (χ3n) is 7.65. The first-order valence-electron chi connectivity index (χ1n) is 13.7. The van der Waals surface area contributed by atoms with Crippen LogP contribution in [-0.4, -0.2) is 34.5 Å². The minimum atomic E-state index is -0.272. The minimum absolute atomic E-state index is 0.160. The van der Waals surface area contributed by atoms with Gasteiger partial charge in [-0.25, -0.2) is 4.98 Å². The average molecular weight is 537 g/mol. The Bertz CT molecular complexity index is 1710. The van der Waals surface area contributed by atoms with Crippen molar-refractivity contribution >= 4 is 33.5 Å². The number of benzene rings is 3. The third kappa shape index (κ3) is 4.70. The molecule has 204 valence electrons. The predicted octanol–water partition coefficient (Wildman–Crippen LogP) is 6.25. The SMILES string of the molecule is CCOC(=O)Cc1ccccc1OCc1c2cc(-c3cccc4c(N)nccc34)c(OC)cc2nn1C1CCC1. The molecule has 0 radical (unpaired) electrons. The van der Waals surface area contributed by atoms with Gasteiger partial charge in [0.05, 0.1) is 37.4 Å². The van der Waals surface area contributed by atoms with E-state index in [9.17, 15) is 4.79 Å². The first-order chi connectivity index (χ1) is 19.6. The quantitative estimate of drug-likeness (QED) is 0.222. The first-order valence-corrected chi connectivity index (χ1v) is 13.7. The Morgan fingerprint density at radius 2 is 1.85 bits per heavy atom. The minimum Gasteiger partial charge on any atom is -0.496 e. The van der Waals surface area contributed by atoms with Crippen LogP contribution in [0.4, 0.5) is 5.82 Å². The molecule has 1 saturated carbocycles. The van der Waals surface area contributed by atoms with E-state index in [4.69, 9.17) is 25.0 Å². The maximum Gasteiger partial charge on any atom is 0.310 e. The van der Waals surface area contributed by atoms with E-state index in [1.54, 1.807) is 20.2 Å². The van der Waals surface area contributed by atoms with Gasteiger partial charge in [0.1, 0.15) is 23.9 Å². The zero-order chi connectivity index (χ0) is 27.6. The number of hydrogen-bond acceptors (Lipinski definition) is 7. The maximum atomic E-state index is 12.2. The zero-order valence-electron chi connectivity index (χ0n) is 22.7. The van der Waals surface area contributed by atoms with Crippen LogP contribution in [0.1, 0.15) is 43.5 Å². The van der Waals surface area contributed by atoms with Crippen molar-refractivity contribution in [2.45, 2.75) is 45.3 Å². The number of pyridine rings is 1. The lowest BCUT2D eigenvalue weighted by Gasteiger charge is -2.27. The molecule has 0 aliphatic heterocycles. The molecule has 0 bridgehead atoms. The largest absolute Gasteiger partial charge is 0.496 e. The number of carbonyl (C=O) groups excluding carboxylic acids is 1. The second-order valence-corrected chi connectivity index (χ2v) is 10.0. The standard InChI is InChI=1S/C32H32N4O4/c1-3-39-31(37)16-20-8-4-5-13-29(20)40-19-28-26-17-25(22-11-7-12-24-23(22)14-15-34-32(24)33)30(38-2)18-27(26)35-36(28)21-9-6-10-21/h4-5,7-8,11-15,17-18,21H,3,6,9-10,16,19H2,1-2H3,(H2,33,34). The van der Waals surface area contributed by atoms with Gasteiger partial charge in [-0.15, -0.1) is 0 Å². The summed E-state index contributed by atoms with van der Waals surface area (Å²) in [5.41, 5.74) is 10.8. The summed E-state index contributed by atoms with van der Waals surface area (Å²) >= 11 is 0. The van der Waals surface area contributed by atoms with Gasteiger partial charge in [-0.3, -0.25) is 9.48 Å². The number of hydrogen-bond donors (Lipinski definition) is 1. The second kappa shape index (κ2) is 10.9. The molecule has 2 heterocycles. The number of esters is 1. The molecule has 0 saturated heterocycles. The van der Waals surface area contributed by atoms with E-state index in [0.29, 0.717) is 30.8 Å². The number of fused-ring (bicyclic) bond motifs is 2. The van der Waals surface area contributed by atoms with Gasteiger partial charge in [0.2, 0.25) is 0 Å². The van der Waals surface area contributed by atoms with Crippen molar-refractivity contribution in [3.8, 4) is 22.6 Å². The molecule has 2 N–H and O–H groups in total. The lowest BCUT2D eigenvalue weighted by Crippen LogP contribution is -2.21. The lowest BCUT2D eigenvalue weighted by atomic mass is 9.93. The molecule has 6 rings (SSSR count). The van der Waals surface area contributed by atoms with E-state index in [0.717, 1.165) is 62.7 Å². The topological polar surface area (TPSA) is 101 Å². The van der Waals surface area contributed by atoms with Crippen LogP contribution in [0, 0.1) is 0 Å². The molecular weight excluding hydrogens is 504 g/mol. The van der Waals surface area contributed by atoms with Crippen LogP contribution in [0.5, 0.6) is 11.5 Å². The van der Waals surface area contributed by atoms with E-state index in [-0.39, 0.29) is 12.4 Å². The molecule has 0 amide bonds. The highest BCUT2D eigenvalue weighted by Crippen LogP contribution is 2.41. The van der Waals surface area contributed by atoms with Gasteiger partial charge in [-0.05, 0) is 55.3 Å². The monoisotopic (exact) mass is 536 g/mol. The fourth-order valence-electron chi connectivity index (χ4n) is 5.41. The molecule has 2 aromatic heterocycles. The summed E-state index contributed by atoms with van der Waals surface area (Å²) in [5, 5.41) is 7.92. The van der Waals surface area contributed by atoms with E-state index in [1.165, 1.54) is 6.42 Å². The van der Waals surface area contributed by atoms with E-state index in [2.05, 4.69) is 21.8 Å². The Labute approximate surface area is 232 Å². The summed E-state index contributed by atoms with van der Waals surface area (Å²) in [7, 11) is 1.68. The summed E-state index contributed by atoms with van der Waals surface area (Å²) in [6, 6.07) is 20.1. The summed E-state index contributed by atoms with van der Waals surface area (Å²) < 4.78 is 19.5.